The van der Waals surface area contributed by atoms with E-state index in [1.165, 1.54) is 178 Å². The van der Waals surface area contributed by atoms with Gasteiger partial charge in [-0.3, -0.25) is 0 Å². The number of fused-ring (bicyclic) bond motifs is 14. The van der Waals surface area contributed by atoms with Crippen molar-refractivity contribution in [1.82, 2.24) is 0 Å². The van der Waals surface area contributed by atoms with E-state index in [1.54, 1.807) is 180 Å². The Hall–Kier alpha value is 0. The third kappa shape index (κ3) is 4.95. The van der Waals surface area contributed by atoms with Crippen LogP contribution in [-0.4, -0.2) is 0 Å². The molecule has 58 heavy (non-hydrogen) atoms. The fraction of sp³-hybridized carbons (Fsp3) is 1.00. The fourth-order valence-electron chi connectivity index (χ4n) is 25.3. The summed E-state index contributed by atoms with van der Waals surface area (Å²) < 4.78 is 0. The molecule has 0 heterocycles. The van der Waals surface area contributed by atoms with Gasteiger partial charge in [0.1, 0.15) is 0 Å². The maximum atomic E-state index is 1.64. The number of hydrogen-bond donors (Lipinski definition) is 0. The van der Waals surface area contributed by atoms with E-state index < -0.39 is 0 Å². The van der Waals surface area contributed by atoms with Crippen LogP contribution in [0, 0.1) is 178 Å². The van der Waals surface area contributed by atoms with E-state index in [-0.39, 0.29) is 0 Å². The Morgan fingerprint density at radius 1 is 0.155 bits per heavy atom. The lowest BCUT2D eigenvalue weighted by molar-refractivity contribution is -0.565. The van der Waals surface area contributed by atoms with E-state index in [0.29, 0.717) is 0 Å². The van der Waals surface area contributed by atoms with E-state index in [4.69, 9.17) is 0 Å². The Kier molecular flexibility index (Phi) is 7.83. The van der Waals surface area contributed by atoms with Crippen LogP contribution in [0.25, 0.3) is 0 Å². The van der Waals surface area contributed by atoms with Crippen molar-refractivity contribution in [3.8, 4) is 0 Å². The molecule has 25 aliphatic carbocycles. The number of hydrogen-bond acceptors (Lipinski definition) is 0. The lowest BCUT2D eigenvalue weighted by Crippen LogP contribution is -3.00. The van der Waals surface area contributed by atoms with E-state index in [2.05, 4.69) is 0 Å². The molecule has 25 aliphatic rings. The summed E-state index contributed by atoms with van der Waals surface area (Å²) in [6.07, 6.45) is 44.8. The minimum atomic E-state index is 1.17. The minimum absolute atomic E-state index is 1.17. The molecule has 0 aromatic rings. The highest BCUT2D eigenvalue weighted by molar-refractivity contribution is 5.44. The summed E-state index contributed by atoms with van der Waals surface area (Å²) in [5, 5.41) is 0. The van der Waals surface area contributed by atoms with Crippen LogP contribution in [0.4, 0.5) is 0 Å². The Balaban J connectivity index is 0.0000000652. The predicted octanol–water partition coefficient (Wildman–Crippen LogP) is 14.6. The zero-order valence-electron chi connectivity index (χ0n) is 37.1. The molecule has 14 bridgehead atoms. The van der Waals surface area contributed by atoms with E-state index >= 15 is 0 Å². The van der Waals surface area contributed by atoms with Crippen molar-refractivity contribution in [2.75, 3.05) is 0 Å². The predicted molar refractivity (Wildman–Crippen MR) is 234 cm³/mol. The van der Waals surface area contributed by atoms with Crippen molar-refractivity contribution >= 4 is 0 Å². The normalized spacial score (nSPS) is 67.4. The maximum absolute atomic E-state index is 1.64. The molecule has 25 saturated carbocycles. The van der Waals surface area contributed by atoms with Gasteiger partial charge in [0.2, 0.25) is 0 Å². The summed E-state index contributed by atoms with van der Waals surface area (Å²) in [5.74, 6) is 37.2. The zero-order chi connectivity index (χ0) is 37.1. The molecule has 0 nitrogen and oxygen atoms in total. The second-order valence-corrected chi connectivity index (χ2v) is 28.4. The highest BCUT2D eigenvalue weighted by atomic mass is 15.0. The highest BCUT2D eigenvalue weighted by Crippen LogP contribution is 3.01. The largest absolute Gasteiger partial charge is 0.0528 e. The van der Waals surface area contributed by atoms with Gasteiger partial charge in [-0.1, -0.05) is 32.1 Å². The molecule has 0 spiro atoms. The molecule has 0 saturated heterocycles. The molecule has 25 fully saturated rings. The van der Waals surface area contributed by atoms with E-state index in [9.17, 15) is 0 Å². The Labute approximate surface area is 355 Å². The second-order valence-electron chi connectivity index (χ2n) is 28.4. The molecule has 10 unspecified atom stereocenters. The topological polar surface area (TPSA) is 0 Å². The van der Waals surface area contributed by atoms with Crippen LogP contribution in [-0.2, 0) is 0 Å². The average molecular weight is 783 g/mol. The summed E-state index contributed by atoms with van der Waals surface area (Å²) in [5.41, 5.74) is 0. The van der Waals surface area contributed by atoms with Gasteiger partial charge in [0, 0.05) is 0 Å². The number of rotatable bonds is 0. The van der Waals surface area contributed by atoms with Crippen molar-refractivity contribution in [3.63, 3.8) is 0 Å². The van der Waals surface area contributed by atoms with Crippen LogP contribution in [0.2, 0.25) is 0 Å². The molecule has 318 valence electrons. The Morgan fingerprint density at radius 2 is 0.466 bits per heavy atom. The first-order chi connectivity index (χ1) is 28.7. The van der Waals surface area contributed by atoms with Crippen LogP contribution in [0.3, 0.4) is 0 Å². The monoisotopic (exact) mass is 783 g/mol. The lowest BCUT2D eigenvalue weighted by atomic mass is 9.01. The molecular formula is C58H86. The van der Waals surface area contributed by atoms with Crippen molar-refractivity contribution < 1.29 is 0 Å². The third-order valence-corrected chi connectivity index (χ3v) is 27.1. The molecule has 0 aromatic heterocycles. The van der Waals surface area contributed by atoms with Crippen LogP contribution < -0.4 is 0 Å². The summed E-state index contributed by atoms with van der Waals surface area (Å²) >= 11 is 0. The molecule has 0 heteroatoms. The van der Waals surface area contributed by atoms with Gasteiger partial charge in [0.15, 0.2) is 0 Å². The molecule has 25 rings (SSSR count). The standard InChI is InChI=1S/C12H18.C11H18.2C10H16.C8H8.C7H10/c1-2-8-5-7(1)11-9-3-4-10(6-9)12(8)11;1-3-8-4-2-6-10(8)11-7-9(11)5-1;1-7-2-9-4-8(1)5-10(3-7)6-9;1-2-8-4-3-7(1)9-5-6-10(8)9;1-2-5-3(1)7-4(1)6(2)8(5)7;1-4-2-6-5(1)7(6)3-4/h7-12H,1-6H2;8-11H,1-7H2;2*7-10H,1-6H2;1-8H;4-7H,1-3H2. The molecule has 0 radical (unpaired) electrons. The zero-order valence-corrected chi connectivity index (χ0v) is 37.1. The minimum Gasteiger partial charge on any atom is -0.0528 e. The van der Waals surface area contributed by atoms with Crippen LogP contribution >= 0.6 is 0 Å². The van der Waals surface area contributed by atoms with Gasteiger partial charge >= 0.3 is 0 Å². The Bertz CT molecular complexity index is 1350. The van der Waals surface area contributed by atoms with Crippen molar-refractivity contribution in [2.45, 2.75) is 180 Å². The van der Waals surface area contributed by atoms with Crippen molar-refractivity contribution in [2.24, 2.45) is 178 Å². The summed E-state index contributed by atoms with van der Waals surface area (Å²) in [6, 6.07) is 0. The summed E-state index contributed by atoms with van der Waals surface area (Å²) in [6.45, 7) is 0. The molecular weight excluding hydrogens is 697 g/mol. The van der Waals surface area contributed by atoms with Gasteiger partial charge < -0.3 is 0 Å². The first-order valence-electron chi connectivity index (χ1n) is 28.7. The maximum Gasteiger partial charge on any atom is -0.0312 e. The van der Waals surface area contributed by atoms with Crippen LogP contribution in [0.1, 0.15) is 180 Å². The summed E-state index contributed by atoms with van der Waals surface area (Å²) in [4.78, 5) is 0. The third-order valence-electron chi connectivity index (χ3n) is 27.1. The van der Waals surface area contributed by atoms with Gasteiger partial charge in [-0.25, -0.2) is 0 Å². The quantitative estimate of drug-likeness (QED) is 0.215. The fourth-order valence-corrected chi connectivity index (χ4v) is 25.3. The van der Waals surface area contributed by atoms with Gasteiger partial charge in [-0.05, 0) is 325 Å². The second kappa shape index (κ2) is 12.8. The van der Waals surface area contributed by atoms with Crippen LogP contribution in [0.15, 0.2) is 0 Å². The van der Waals surface area contributed by atoms with E-state index in [0.717, 1.165) is 0 Å². The smallest absolute Gasteiger partial charge is 0.0312 e. The van der Waals surface area contributed by atoms with Gasteiger partial charge in [-0.15, -0.1) is 0 Å². The first kappa shape index (κ1) is 35.4. The SMILES string of the molecule is C12C3C4C1C1C2C3C41.C1C2CC3C1C3C2.C1C2CC3CC1CC(C2)C3.C1CC2CC1C1C3CCC(C3)C21.C1CC2CCC1C1CCC21.C1CC2CCCC2C2CC2C1. The van der Waals surface area contributed by atoms with Crippen LogP contribution in [0.5, 0.6) is 0 Å². The van der Waals surface area contributed by atoms with Crippen molar-refractivity contribution in [1.29, 1.82) is 0 Å². The molecule has 0 amide bonds. The summed E-state index contributed by atoms with van der Waals surface area (Å²) in [7, 11) is 0. The van der Waals surface area contributed by atoms with Gasteiger partial charge in [0.25, 0.3) is 0 Å². The molecule has 0 N–H and O–H groups in total. The lowest BCUT2D eigenvalue weighted by Gasteiger charge is -3.03. The molecule has 10 atom stereocenters. The Morgan fingerprint density at radius 3 is 0.810 bits per heavy atom. The average Bonchev–Trinajstić information content (AvgIpc) is 3.90. The van der Waals surface area contributed by atoms with E-state index in [1.807, 2.05) is 0 Å². The van der Waals surface area contributed by atoms with Gasteiger partial charge in [-0.2, -0.15) is 0 Å². The van der Waals surface area contributed by atoms with Gasteiger partial charge in [0.05, 0.1) is 0 Å². The first-order valence-corrected chi connectivity index (χ1v) is 28.7. The molecule has 0 aromatic carbocycles. The molecule has 0 aliphatic heterocycles. The highest BCUT2D eigenvalue weighted by Gasteiger charge is 2.97. The van der Waals surface area contributed by atoms with Crippen molar-refractivity contribution in [3.05, 3.63) is 0 Å².